The number of carbonyl (C=O) groups excluding carboxylic acids is 3. The summed E-state index contributed by atoms with van der Waals surface area (Å²) in [4.78, 5) is 57.9. The van der Waals surface area contributed by atoms with Crippen molar-refractivity contribution in [2.24, 2.45) is 0 Å². The van der Waals surface area contributed by atoms with E-state index in [2.05, 4.69) is 15.5 Å². The Morgan fingerprint density at radius 1 is 0.698 bits per heavy atom. The van der Waals surface area contributed by atoms with E-state index in [0.717, 1.165) is 26.7 Å². The topological polar surface area (TPSA) is 155 Å². The molecule has 7 rings (SSSR count). The number of likely N-dealkylation sites (N-methyl/N-ethyl adjacent to an activating group) is 1. The lowest BCUT2D eigenvalue weighted by Crippen LogP contribution is -2.52. The average molecular weight is 847 g/mol. The van der Waals surface area contributed by atoms with Crippen molar-refractivity contribution in [1.29, 1.82) is 0 Å². The Morgan fingerprint density at radius 2 is 1.27 bits per heavy atom. The van der Waals surface area contributed by atoms with Gasteiger partial charge in [-0.05, 0) is 72.0 Å². The van der Waals surface area contributed by atoms with Gasteiger partial charge in [0.2, 0.25) is 5.91 Å². The summed E-state index contributed by atoms with van der Waals surface area (Å²) in [5.41, 5.74) is 5.38. The van der Waals surface area contributed by atoms with Crippen molar-refractivity contribution in [3.63, 3.8) is 0 Å². The van der Waals surface area contributed by atoms with Crippen molar-refractivity contribution in [2.45, 2.75) is 25.5 Å². The van der Waals surface area contributed by atoms with Crippen LogP contribution < -0.4 is 20.7 Å². The van der Waals surface area contributed by atoms with Crippen LogP contribution in [0.2, 0.25) is 0 Å². The van der Waals surface area contributed by atoms with Crippen molar-refractivity contribution in [3.8, 4) is 28.0 Å². The molecule has 1 saturated heterocycles. The van der Waals surface area contributed by atoms with Gasteiger partial charge in [-0.1, -0.05) is 115 Å². The first-order valence-electron chi connectivity index (χ1n) is 20.8. The first-order chi connectivity index (χ1) is 30.6. The van der Waals surface area contributed by atoms with Crippen LogP contribution >= 0.6 is 0 Å². The highest BCUT2D eigenvalue weighted by Gasteiger charge is 2.36. The zero-order valence-electron chi connectivity index (χ0n) is 35.0. The highest BCUT2D eigenvalue weighted by molar-refractivity contribution is 6.06. The molecule has 1 heterocycles. The number of ether oxygens (including phenoxy) is 1. The predicted octanol–water partition coefficient (Wildman–Crippen LogP) is 8.73. The number of hydrogen-bond donors (Lipinski definition) is 4. The number of phenolic OH excluding ortho intramolecular Hbond substituents is 1. The number of nitrogens with one attached hydrogen (secondary N) is 2. The third-order valence-corrected chi connectivity index (χ3v) is 10.8. The lowest BCUT2D eigenvalue weighted by molar-refractivity contribution is -0.115. The van der Waals surface area contributed by atoms with Gasteiger partial charge in [-0.15, -0.1) is 0 Å². The van der Waals surface area contributed by atoms with Crippen LogP contribution in [0.5, 0.6) is 5.75 Å². The lowest BCUT2D eigenvalue weighted by atomic mass is 10.0. The molecule has 0 bridgehead atoms. The summed E-state index contributed by atoms with van der Waals surface area (Å²) in [5.74, 6) is -0.260. The molecule has 0 aromatic heterocycles. The maximum atomic E-state index is 14.6. The van der Waals surface area contributed by atoms with E-state index in [4.69, 9.17) is 4.74 Å². The third-order valence-electron chi connectivity index (χ3n) is 10.8. The second kappa shape index (κ2) is 20.9. The van der Waals surface area contributed by atoms with Crippen LogP contribution in [0, 0.1) is 0 Å². The fourth-order valence-corrected chi connectivity index (χ4v) is 7.55. The Kier molecular flexibility index (Phi) is 14.4. The van der Waals surface area contributed by atoms with Gasteiger partial charge < -0.3 is 35.4 Å². The maximum Gasteiger partial charge on any atom is 0.434 e. The standard InChI is InChI=1S/C50H50N6O7/c1-53(48(59)39-17-12-18-40(33-39)52-47(58)35-51-34-36-23-25-41(57)26-24-36)31-32-54-29-27-42(28-30-54)63-50(62)56(46-22-11-9-20-44(46)38-15-6-3-7-16-38)55(49(60)61)45-21-10-8-19-43(45)37-13-4-2-5-14-37/h2-26,33,42,51,57H,27-32,34-35H2,1H3,(H,52,58)(H,60,61). The summed E-state index contributed by atoms with van der Waals surface area (Å²) in [7, 11) is 1.74. The molecule has 4 amide bonds. The highest BCUT2D eigenvalue weighted by Crippen LogP contribution is 2.38. The normalized spacial score (nSPS) is 12.8. The smallest absolute Gasteiger partial charge is 0.434 e. The molecule has 4 N–H and O–H groups in total. The number of piperidine rings is 1. The van der Waals surface area contributed by atoms with Gasteiger partial charge in [-0.2, -0.15) is 10.0 Å². The van der Waals surface area contributed by atoms with Crippen molar-refractivity contribution >= 4 is 41.1 Å². The van der Waals surface area contributed by atoms with Gasteiger partial charge in [0, 0.05) is 62.1 Å². The Bertz CT molecular complexity index is 2500. The monoisotopic (exact) mass is 846 g/mol. The van der Waals surface area contributed by atoms with Crippen LogP contribution in [0.15, 0.2) is 158 Å². The largest absolute Gasteiger partial charge is 0.508 e. The van der Waals surface area contributed by atoms with Crippen molar-refractivity contribution in [2.75, 3.05) is 55.1 Å². The quantitative estimate of drug-likeness (QED) is 0.0788. The fourth-order valence-electron chi connectivity index (χ4n) is 7.55. The predicted molar refractivity (Wildman–Crippen MR) is 245 cm³/mol. The van der Waals surface area contributed by atoms with Crippen LogP contribution in [0.4, 0.5) is 26.7 Å². The number of rotatable bonds is 14. The second-order valence-corrected chi connectivity index (χ2v) is 15.2. The van der Waals surface area contributed by atoms with Crippen molar-refractivity contribution in [1.82, 2.24) is 15.1 Å². The summed E-state index contributed by atoms with van der Waals surface area (Å²) in [6.07, 6.45) is -1.65. The number of benzene rings is 6. The number of para-hydroxylation sites is 2. The molecule has 6 aromatic carbocycles. The summed E-state index contributed by atoms with van der Waals surface area (Å²) in [6, 6.07) is 46.7. The molecule has 13 heteroatoms. The highest BCUT2D eigenvalue weighted by atomic mass is 16.6. The molecule has 1 aliphatic heterocycles. The maximum absolute atomic E-state index is 14.6. The summed E-state index contributed by atoms with van der Waals surface area (Å²) in [5, 5.41) is 28.4. The number of carboxylic acid groups (broad SMARTS) is 1. The summed E-state index contributed by atoms with van der Waals surface area (Å²) in [6.45, 7) is 2.76. The number of likely N-dealkylation sites (tertiary alicyclic amines) is 1. The molecule has 6 aromatic rings. The average Bonchev–Trinajstić information content (AvgIpc) is 3.31. The molecule has 0 saturated carbocycles. The number of nitrogens with zero attached hydrogens (tertiary/aromatic N) is 4. The Balaban J connectivity index is 0.981. The van der Waals surface area contributed by atoms with Crippen LogP contribution in [0.1, 0.15) is 28.8 Å². The number of hydrazine groups is 1. The van der Waals surface area contributed by atoms with Crippen molar-refractivity contribution in [3.05, 3.63) is 169 Å². The van der Waals surface area contributed by atoms with E-state index in [1.807, 2.05) is 84.9 Å². The molecule has 0 unspecified atom stereocenters. The zero-order valence-corrected chi connectivity index (χ0v) is 35.0. The van der Waals surface area contributed by atoms with Gasteiger partial charge in [0.15, 0.2) is 0 Å². The molecule has 322 valence electrons. The number of aromatic hydroxyl groups is 1. The molecule has 0 radical (unpaired) electrons. The molecule has 1 fully saturated rings. The van der Waals surface area contributed by atoms with E-state index in [1.54, 1.807) is 84.7 Å². The van der Waals surface area contributed by atoms with Gasteiger partial charge in [-0.25, -0.2) is 9.59 Å². The number of hydrogen-bond acceptors (Lipinski definition) is 8. The van der Waals surface area contributed by atoms with E-state index < -0.39 is 18.3 Å². The van der Waals surface area contributed by atoms with Crippen LogP contribution in [0.3, 0.4) is 0 Å². The number of amides is 4. The number of carbonyl (C=O) groups is 4. The van der Waals surface area contributed by atoms with Gasteiger partial charge in [0.25, 0.3) is 5.91 Å². The van der Waals surface area contributed by atoms with Crippen molar-refractivity contribution < 1.29 is 34.1 Å². The molecule has 0 aliphatic carbocycles. The molecule has 13 nitrogen and oxygen atoms in total. The van der Waals surface area contributed by atoms with E-state index in [1.165, 1.54) is 0 Å². The van der Waals surface area contributed by atoms with Crippen LogP contribution in [-0.2, 0) is 16.1 Å². The fraction of sp³-hybridized carbons (Fsp3) is 0.200. The zero-order chi connectivity index (χ0) is 44.1. The van der Waals surface area contributed by atoms with E-state index in [0.29, 0.717) is 73.6 Å². The summed E-state index contributed by atoms with van der Waals surface area (Å²) >= 11 is 0. The molecular weight excluding hydrogens is 797 g/mol. The van der Waals surface area contributed by atoms with Crippen LogP contribution in [0.25, 0.3) is 22.3 Å². The van der Waals surface area contributed by atoms with E-state index >= 15 is 0 Å². The van der Waals surface area contributed by atoms with Gasteiger partial charge in [0.1, 0.15) is 11.9 Å². The van der Waals surface area contributed by atoms with E-state index in [-0.39, 0.29) is 29.8 Å². The Hall–Kier alpha value is -7.48. The minimum atomic E-state index is -1.36. The Labute approximate surface area is 366 Å². The molecule has 1 aliphatic rings. The number of anilines is 3. The first kappa shape index (κ1) is 43.6. The van der Waals surface area contributed by atoms with Gasteiger partial charge in [-0.3, -0.25) is 9.59 Å². The minimum absolute atomic E-state index is 0.0688. The molecular formula is C50H50N6O7. The number of phenols is 1. The van der Waals surface area contributed by atoms with E-state index in [9.17, 15) is 29.4 Å². The molecule has 63 heavy (non-hydrogen) atoms. The summed E-state index contributed by atoms with van der Waals surface area (Å²) < 4.78 is 6.20. The van der Waals surface area contributed by atoms with Gasteiger partial charge in [0.05, 0.1) is 17.9 Å². The molecule has 0 atom stereocenters. The van der Waals surface area contributed by atoms with Crippen LogP contribution in [-0.4, -0.2) is 89.9 Å². The second-order valence-electron chi connectivity index (χ2n) is 15.2. The minimum Gasteiger partial charge on any atom is -0.508 e. The van der Waals surface area contributed by atoms with Gasteiger partial charge >= 0.3 is 12.2 Å². The first-order valence-corrected chi connectivity index (χ1v) is 20.8. The Morgan fingerprint density at radius 3 is 1.87 bits per heavy atom. The lowest BCUT2D eigenvalue weighted by Gasteiger charge is -2.37. The molecule has 0 spiro atoms. The third kappa shape index (κ3) is 11.3. The SMILES string of the molecule is CN(CCN1CCC(OC(=O)N(c2ccccc2-c2ccccc2)N(C(=O)O)c2ccccc2-c2ccccc2)CC1)C(=O)c1cccc(NC(=O)CNCc2ccc(O)cc2)c1.